The summed E-state index contributed by atoms with van der Waals surface area (Å²) in [5, 5.41) is 2.64. The highest BCUT2D eigenvalue weighted by Crippen LogP contribution is 2.35. The van der Waals surface area contributed by atoms with Gasteiger partial charge in [0.1, 0.15) is 6.04 Å². The Morgan fingerprint density at radius 1 is 1.43 bits per heavy atom. The first kappa shape index (κ1) is 9.49. The average molecular weight is 196 g/mol. The number of amides is 2. The minimum absolute atomic E-state index is 0.0374. The monoisotopic (exact) mass is 196 g/mol. The first-order valence-corrected chi connectivity index (χ1v) is 5.19. The van der Waals surface area contributed by atoms with Crippen LogP contribution in [-0.4, -0.2) is 35.3 Å². The molecule has 2 atom stereocenters. The molecular formula is C10H16N2O2. The first-order chi connectivity index (χ1) is 6.59. The maximum absolute atomic E-state index is 11.8. The molecule has 0 spiro atoms. The van der Waals surface area contributed by atoms with Gasteiger partial charge in [0.05, 0.1) is 6.54 Å². The second kappa shape index (κ2) is 3.26. The van der Waals surface area contributed by atoms with Gasteiger partial charge in [0, 0.05) is 6.04 Å². The SMILES string of the molecule is CC1NC(=O)CN(C(C)C2CC2)C1=O. The van der Waals surface area contributed by atoms with Crippen molar-refractivity contribution in [3.05, 3.63) is 0 Å². The molecular weight excluding hydrogens is 180 g/mol. The van der Waals surface area contributed by atoms with Gasteiger partial charge in [-0.15, -0.1) is 0 Å². The Kier molecular flexibility index (Phi) is 2.21. The summed E-state index contributed by atoms with van der Waals surface area (Å²) in [5.41, 5.74) is 0. The molecule has 4 heteroatoms. The molecule has 1 heterocycles. The molecule has 0 bridgehead atoms. The predicted molar refractivity (Wildman–Crippen MR) is 51.5 cm³/mol. The predicted octanol–water partition coefficient (Wildman–Crippen LogP) is 0.132. The topological polar surface area (TPSA) is 49.4 Å². The maximum atomic E-state index is 11.8. The summed E-state index contributed by atoms with van der Waals surface area (Å²) in [5.74, 6) is 0.644. The third kappa shape index (κ3) is 1.61. The van der Waals surface area contributed by atoms with Crippen molar-refractivity contribution >= 4 is 11.8 Å². The van der Waals surface area contributed by atoms with Gasteiger partial charge in [-0.05, 0) is 32.6 Å². The van der Waals surface area contributed by atoms with Crippen LogP contribution >= 0.6 is 0 Å². The number of piperazine rings is 1. The molecule has 2 amide bonds. The molecule has 2 fully saturated rings. The zero-order valence-electron chi connectivity index (χ0n) is 8.62. The number of hydrogen-bond donors (Lipinski definition) is 1. The van der Waals surface area contributed by atoms with E-state index in [4.69, 9.17) is 0 Å². The van der Waals surface area contributed by atoms with Crippen LogP contribution < -0.4 is 5.32 Å². The highest BCUT2D eigenvalue weighted by Gasteiger charge is 2.39. The third-order valence-corrected chi connectivity index (χ3v) is 3.14. The molecule has 0 aromatic rings. The molecule has 0 aromatic carbocycles. The van der Waals surface area contributed by atoms with Crippen LogP contribution in [0.3, 0.4) is 0 Å². The van der Waals surface area contributed by atoms with E-state index in [-0.39, 0.29) is 30.4 Å². The van der Waals surface area contributed by atoms with E-state index in [1.807, 2.05) is 6.92 Å². The fraction of sp³-hybridized carbons (Fsp3) is 0.800. The lowest BCUT2D eigenvalue weighted by Crippen LogP contribution is -2.59. The van der Waals surface area contributed by atoms with Gasteiger partial charge in [0.15, 0.2) is 0 Å². The van der Waals surface area contributed by atoms with Gasteiger partial charge in [-0.2, -0.15) is 0 Å². The standard InChI is InChI=1S/C10H16N2O2/c1-6-10(14)12(5-9(13)11-6)7(2)8-3-4-8/h6-8H,3-5H2,1-2H3,(H,11,13). The molecule has 2 unspecified atom stereocenters. The van der Waals surface area contributed by atoms with Gasteiger partial charge in [0.2, 0.25) is 11.8 Å². The van der Waals surface area contributed by atoms with Crippen molar-refractivity contribution in [3.8, 4) is 0 Å². The van der Waals surface area contributed by atoms with Crippen LogP contribution in [0.2, 0.25) is 0 Å². The van der Waals surface area contributed by atoms with E-state index >= 15 is 0 Å². The molecule has 4 nitrogen and oxygen atoms in total. The molecule has 78 valence electrons. The van der Waals surface area contributed by atoms with E-state index in [1.54, 1.807) is 11.8 Å². The molecule has 2 aliphatic rings. The van der Waals surface area contributed by atoms with Crippen molar-refractivity contribution < 1.29 is 9.59 Å². The number of carbonyl (C=O) groups excluding carboxylic acids is 2. The van der Waals surface area contributed by atoms with Crippen molar-refractivity contribution in [1.29, 1.82) is 0 Å². The van der Waals surface area contributed by atoms with Crippen molar-refractivity contribution in [3.63, 3.8) is 0 Å². The van der Waals surface area contributed by atoms with Crippen LogP contribution in [0.1, 0.15) is 26.7 Å². The van der Waals surface area contributed by atoms with Gasteiger partial charge in [-0.1, -0.05) is 0 Å². The molecule has 0 radical (unpaired) electrons. The van der Waals surface area contributed by atoms with Crippen LogP contribution in [0.5, 0.6) is 0 Å². The highest BCUT2D eigenvalue weighted by atomic mass is 16.2. The van der Waals surface area contributed by atoms with Gasteiger partial charge in [0.25, 0.3) is 0 Å². The zero-order valence-corrected chi connectivity index (χ0v) is 8.62. The summed E-state index contributed by atoms with van der Waals surface area (Å²) in [7, 11) is 0. The van der Waals surface area contributed by atoms with Crippen LogP contribution in [0.15, 0.2) is 0 Å². The van der Waals surface area contributed by atoms with Gasteiger partial charge in [-0.25, -0.2) is 0 Å². The summed E-state index contributed by atoms with van der Waals surface area (Å²) in [4.78, 5) is 24.8. The Hall–Kier alpha value is -1.06. The average Bonchev–Trinajstić information content (AvgIpc) is 2.93. The number of rotatable bonds is 2. The molecule has 2 rings (SSSR count). The van der Waals surface area contributed by atoms with E-state index in [0.29, 0.717) is 5.92 Å². The molecule has 1 saturated heterocycles. The lowest BCUT2D eigenvalue weighted by atomic mass is 10.1. The van der Waals surface area contributed by atoms with Crippen molar-refractivity contribution in [2.75, 3.05) is 6.54 Å². The van der Waals surface area contributed by atoms with Crippen LogP contribution in [0.4, 0.5) is 0 Å². The summed E-state index contributed by atoms with van der Waals surface area (Å²) in [6.07, 6.45) is 2.39. The van der Waals surface area contributed by atoms with Crippen LogP contribution in [0, 0.1) is 5.92 Å². The first-order valence-electron chi connectivity index (χ1n) is 5.19. The quantitative estimate of drug-likeness (QED) is 0.682. The third-order valence-electron chi connectivity index (χ3n) is 3.14. The van der Waals surface area contributed by atoms with Crippen molar-refractivity contribution in [2.45, 2.75) is 38.8 Å². The fourth-order valence-corrected chi connectivity index (χ4v) is 2.01. The van der Waals surface area contributed by atoms with Gasteiger partial charge >= 0.3 is 0 Å². The molecule has 1 aliphatic heterocycles. The fourth-order valence-electron chi connectivity index (χ4n) is 2.01. The zero-order chi connectivity index (χ0) is 10.3. The Balaban J connectivity index is 2.07. The number of nitrogens with zero attached hydrogens (tertiary/aromatic N) is 1. The molecule has 1 aliphatic carbocycles. The lowest BCUT2D eigenvalue weighted by Gasteiger charge is -2.35. The number of nitrogens with one attached hydrogen (secondary N) is 1. The number of carbonyl (C=O) groups is 2. The Labute approximate surface area is 83.6 Å². The summed E-state index contributed by atoms with van der Waals surface area (Å²) in [6, 6.07) is -0.117. The molecule has 14 heavy (non-hydrogen) atoms. The minimum atomic E-state index is -0.350. The van der Waals surface area contributed by atoms with Crippen LogP contribution in [-0.2, 0) is 9.59 Å². The summed E-state index contributed by atoms with van der Waals surface area (Å²) < 4.78 is 0. The molecule has 1 N–H and O–H groups in total. The molecule has 1 saturated carbocycles. The smallest absolute Gasteiger partial charge is 0.245 e. The second-order valence-electron chi connectivity index (χ2n) is 4.33. The Morgan fingerprint density at radius 2 is 2.07 bits per heavy atom. The van der Waals surface area contributed by atoms with E-state index in [0.717, 1.165) is 0 Å². The number of hydrogen-bond acceptors (Lipinski definition) is 2. The highest BCUT2D eigenvalue weighted by molar-refractivity contribution is 5.94. The van der Waals surface area contributed by atoms with Crippen molar-refractivity contribution in [2.24, 2.45) is 5.92 Å². The second-order valence-corrected chi connectivity index (χ2v) is 4.33. The Morgan fingerprint density at radius 3 is 2.64 bits per heavy atom. The lowest BCUT2D eigenvalue weighted by molar-refractivity contribution is -0.146. The van der Waals surface area contributed by atoms with E-state index in [9.17, 15) is 9.59 Å². The van der Waals surface area contributed by atoms with E-state index < -0.39 is 0 Å². The van der Waals surface area contributed by atoms with Crippen LogP contribution in [0.25, 0.3) is 0 Å². The Bertz CT molecular complexity index is 273. The van der Waals surface area contributed by atoms with E-state index in [1.165, 1.54) is 12.8 Å². The minimum Gasteiger partial charge on any atom is -0.343 e. The molecule has 0 aromatic heterocycles. The van der Waals surface area contributed by atoms with Crippen molar-refractivity contribution in [1.82, 2.24) is 10.2 Å². The normalized spacial score (nSPS) is 30.1. The maximum Gasteiger partial charge on any atom is 0.245 e. The summed E-state index contributed by atoms with van der Waals surface area (Å²) >= 11 is 0. The largest absolute Gasteiger partial charge is 0.343 e. The summed E-state index contributed by atoms with van der Waals surface area (Å²) in [6.45, 7) is 4.02. The van der Waals surface area contributed by atoms with Gasteiger partial charge < -0.3 is 10.2 Å². The van der Waals surface area contributed by atoms with Gasteiger partial charge in [-0.3, -0.25) is 9.59 Å². The van der Waals surface area contributed by atoms with E-state index in [2.05, 4.69) is 5.32 Å².